The SMILES string of the molecule is CCn1cc(-c2ccc(Cl)cc2Cl)nc1C=Cc1ccc(-c2ccc(Oc3ccc(C(=O)O)c(C(F)(F)F)c3)cc2)cc1. The van der Waals surface area contributed by atoms with E-state index in [1.807, 2.05) is 60.2 Å². The molecule has 0 saturated carbocycles. The molecule has 1 heterocycles. The molecule has 0 aliphatic rings. The van der Waals surface area contributed by atoms with Gasteiger partial charge < -0.3 is 14.4 Å². The van der Waals surface area contributed by atoms with Gasteiger partial charge in [0, 0.05) is 23.3 Å². The Bertz CT molecular complexity index is 1810. The van der Waals surface area contributed by atoms with E-state index in [-0.39, 0.29) is 5.75 Å². The molecule has 0 aliphatic heterocycles. The van der Waals surface area contributed by atoms with Crippen molar-refractivity contribution in [3.8, 4) is 33.9 Å². The first-order valence-electron chi connectivity index (χ1n) is 13.1. The monoisotopic (exact) mass is 622 g/mol. The lowest BCUT2D eigenvalue weighted by Crippen LogP contribution is -2.12. The first-order chi connectivity index (χ1) is 20.5. The molecule has 0 bridgehead atoms. The minimum atomic E-state index is -4.83. The number of benzene rings is 4. The van der Waals surface area contributed by atoms with Crippen LogP contribution in [0.5, 0.6) is 11.5 Å². The van der Waals surface area contributed by atoms with Gasteiger partial charge in [0.15, 0.2) is 0 Å². The highest BCUT2D eigenvalue weighted by Gasteiger charge is 2.35. The molecule has 0 radical (unpaired) electrons. The van der Waals surface area contributed by atoms with Gasteiger partial charge in [0.25, 0.3) is 0 Å². The summed E-state index contributed by atoms with van der Waals surface area (Å²) in [6, 6.07) is 22.8. The molecular formula is C33H23Cl2F3N2O3. The molecule has 0 saturated heterocycles. The van der Waals surface area contributed by atoms with E-state index in [0.29, 0.717) is 21.9 Å². The van der Waals surface area contributed by atoms with Gasteiger partial charge in [0.05, 0.1) is 21.8 Å². The smallest absolute Gasteiger partial charge is 0.417 e. The maximum atomic E-state index is 13.3. The number of rotatable bonds is 8. The van der Waals surface area contributed by atoms with Gasteiger partial charge in [-0.15, -0.1) is 0 Å². The summed E-state index contributed by atoms with van der Waals surface area (Å²) in [7, 11) is 0. The van der Waals surface area contributed by atoms with E-state index < -0.39 is 23.3 Å². The summed E-state index contributed by atoms with van der Waals surface area (Å²) < 4.78 is 47.6. The van der Waals surface area contributed by atoms with Crippen LogP contribution in [0.25, 0.3) is 34.5 Å². The molecule has 0 spiro atoms. The molecule has 0 unspecified atom stereocenters. The van der Waals surface area contributed by atoms with Gasteiger partial charge >= 0.3 is 12.1 Å². The average molecular weight is 623 g/mol. The molecule has 5 nitrogen and oxygen atoms in total. The summed E-state index contributed by atoms with van der Waals surface area (Å²) in [5.74, 6) is -0.688. The number of alkyl halides is 3. The fourth-order valence-corrected chi connectivity index (χ4v) is 4.97. The van der Waals surface area contributed by atoms with Crippen molar-refractivity contribution in [3.05, 3.63) is 124 Å². The van der Waals surface area contributed by atoms with Crippen molar-refractivity contribution < 1.29 is 27.8 Å². The first-order valence-corrected chi connectivity index (χ1v) is 13.8. The zero-order valence-corrected chi connectivity index (χ0v) is 24.1. The molecule has 1 aromatic heterocycles. The van der Waals surface area contributed by atoms with E-state index in [1.165, 1.54) is 6.07 Å². The predicted octanol–water partition coefficient (Wildman–Crippen LogP) is 10.2. The number of aryl methyl sites for hydroxylation is 1. The summed E-state index contributed by atoms with van der Waals surface area (Å²) in [6.07, 6.45) is 1.02. The van der Waals surface area contributed by atoms with E-state index in [0.717, 1.165) is 46.4 Å². The number of aromatic carboxylic acids is 1. The second-order valence-corrected chi connectivity index (χ2v) is 10.3. The molecule has 1 N–H and O–H groups in total. The van der Waals surface area contributed by atoms with Gasteiger partial charge in [-0.25, -0.2) is 9.78 Å². The lowest BCUT2D eigenvalue weighted by molar-refractivity contribution is -0.138. The largest absolute Gasteiger partial charge is 0.478 e. The Morgan fingerprint density at radius 2 is 1.56 bits per heavy atom. The number of ether oxygens (including phenoxy) is 1. The fourth-order valence-electron chi connectivity index (χ4n) is 4.46. The highest BCUT2D eigenvalue weighted by atomic mass is 35.5. The summed E-state index contributed by atoms with van der Waals surface area (Å²) in [4.78, 5) is 15.9. The van der Waals surface area contributed by atoms with Crippen LogP contribution in [-0.2, 0) is 12.7 Å². The molecule has 5 rings (SSSR count). The zero-order valence-electron chi connectivity index (χ0n) is 22.6. The molecular weight excluding hydrogens is 600 g/mol. The molecule has 0 fully saturated rings. The van der Waals surface area contributed by atoms with Gasteiger partial charge in [-0.3, -0.25) is 0 Å². The zero-order chi connectivity index (χ0) is 30.7. The number of nitrogens with zero attached hydrogens (tertiary/aromatic N) is 2. The normalized spacial score (nSPS) is 11.7. The molecule has 43 heavy (non-hydrogen) atoms. The van der Waals surface area contributed by atoms with Crippen LogP contribution in [0.2, 0.25) is 10.0 Å². The van der Waals surface area contributed by atoms with E-state index in [1.54, 1.807) is 36.4 Å². The van der Waals surface area contributed by atoms with Crippen LogP contribution in [0.3, 0.4) is 0 Å². The maximum absolute atomic E-state index is 13.3. The van der Waals surface area contributed by atoms with Crippen molar-refractivity contribution >= 4 is 41.3 Å². The van der Waals surface area contributed by atoms with E-state index >= 15 is 0 Å². The predicted molar refractivity (Wildman–Crippen MR) is 163 cm³/mol. The topological polar surface area (TPSA) is 64.4 Å². The molecule has 4 aromatic carbocycles. The van der Waals surface area contributed by atoms with E-state index in [2.05, 4.69) is 0 Å². The Balaban J connectivity index is 1.29. The van der Waals surface area contributed by atoms with Crippen LogP contribution in [0.4, 0.5) is 13.2 Å². The number of carbonyl (C=O) groups is 1. The third kappa shape index (κ3) is 6.93. The van der Waals surface area contributed by atoms with E-state index in [4.69, 9.17) is 38.0 Å². The maximum Gasteiger partial charge on any atom is 0.417 e. The van der Waals surface area contributed by atoms with Gasteiger partial charge in [-0.05, 0) is 78.2 Å². The molecule has 10 heteroatoms. The number of halogens is 5. The van der Waals surface area contributed by atoms with Crippen molar-refractivity contribution in [1.29, 1.82) is 0 Å². The van der Waals surface area contributed by atoms with Gasteiger partial charge in [-0.2, -0.15) is 13.2 Å². The van der Waals surface area contributed by atoms with Crippen LogP contribution in [0.1, 0.15) is 34.2 Å². The molecule has 0 amide bonds. The Morgan fingerprint density at radius 3 is 2.16 bits per heavy atom. The Kier molecular flexibility index (Phi) is 8.62. The van der Waals surface area contributed by atoms with Crippen molar-refractivity contribution in [2.75, 3.05) is 0 Å². The Morgan fingerprint density at radius 1 is 0.907 bits per heavy atom. The summed E-state index contributed by atoms with van der Waals surface area (Å²) in [6.45, 7) is 2.76. The van der Waals surface area contributed by atoms with Crippen molar-refractivity contribution in [2.45, 2.75) is 19.6 Å². The highest BCUT2D eigenvalue weighted by molar-refractivity contribution is 6.36. The first kappa shape index (κ1) is 29.9. The van der Waals surface area contributed by atoms with Crippen LogP contribution in [0.15, 0.2) is 91.1 Å². The Labute approximate surface area is 255 Å². The fraction of sp³-hybridized carbons (Fsp3) is 0.0909. The summed E-state index contributed by atoms with van der Waals surface area (Å²) >= 11 is 12.4. The van der Waals surface area contributed by atoms with E-state index in [9.17, 15) is 18.0 Å². The quantitative estimate of drug-likeness (QED) is 0.187. The van der Waals surface area contributed by atoms with Crippen molar-refractivity contribution in [3.63, 3.8) is 0 Å². The number of carboxylic acids is 1. The molecule has 218 valence electrons. The lowest BCUT2D eigenvalue weighted by Gasteiger charge is -2.13. The van der Waals surface area contributed by atoms with Crippen LogP contribution in [-0.4, -0.2) is 20.6 Å². The van der Waals surface area contributed by atoms with Gasteiger partial charge in [0.2, 0.25) is 0 Å². The second kappa shape index (κ2) is 12.4. The number of aromatic nitrogens is 2. The Hall–Kier alpha value is -4.53. The van der Waals surface area contributed by atoms with Crippen molar-refractivity contribution in [1.82, 2.24) is 9.55 Å². The average Bonchev–Trinajstić information content (AvgIpc) is 3.39. The third-order valence-electron chi connectivity index (χ3n) is 6.64. The van der Waals surface area contributed by atoms with Crippen LogP contribution >= 0.6 is 23.2 Å². The highest BCUT2D eigenvalue weighted by Crippen LogP contribution is 2.36. The lowest BCUT2D eigenvalue weighted by atomic mass is 10.0. The van der Waals surface area contributed by atoms with Crippen LogP contribution < -0.4 is 4.74 Å². The number of hydrogen-bond donors (Lipinski definition) is 1. The minimum absolute atomic E-state index is 0.117. The van der Waals surface area contributed by atoms with Crippen molar-refractivity contribution in [2.24, 2.45) is 0 Å². The second-order valence-electron chi connectivity index (χ2n) is 9.49. The summed E-state index contributed by atoms with van der Waals surface area (Å²) in [5, 5.41) is 10.2. The third-order valence-corrected chi connectivity index (χ3v) is 7.19. The number of hydrogen-bond acceptors (Lipinski definition) is 3. The number of carboxylic acid groups (broad SMARTS) is 1. The molecule has 5 aromatic rings. The van der Waals surface area contributed by atoms with Gasteiger partial charge in [-0.1, -0.05) is 65.7 Å². The van der Waals surface area contributed by atoms with Crippen LogP contribution in [0, 0.1) is 0 Å². The number of imidazole rings is 1. The standard InChI is InChI=1S/C33H23Cl2F3N2O3/c1-2-40-19-30(27-14-10-23(34)17-29(27)35)39-31(40)16-5-20-3-6-21(7-4-20)22-8-11-24(12-9-22)43-25-13-15-26(32(41)42)28(18-25)33(36,37)38/h3-19H,2H2,1H3,(H,41,42). The molecule has 0 atom stereocenters. The molecule has 0 aliphatic carbocycles. The summed E-state index contributed by atoms with van der Waals surface area (Å²) in [5.41, 5.74) is 2.23. The van der Waals surface area contributed by atoms with Gasteiger partial charge in [0.1, 0.15) is 17.3 Å². The minimum Gasteiger partial charge on any atom is -0.478 e.